The number of pyridine rings is 1. The molecule has 30 heavy (non-hydrogen) atoms. The molecular weight excluding hydrogens is 437 g/mol. The van der Waals surface area contributed by atoms with Gasteiger partial charge in [-0.05, 0) is 41.8 Å². The molecule has 1 aromatic heterocycles. The van der Waals surface area contributed by atoms with Crippen molar-refractivity contribution in [2.24, 2.45) is 5.92 Å². The lowest BCUT2D eigenvalue weighted by atomic mass is 9.81. The normalized spacial score (nSPS) is 19.6. The molecule has 156 valence electrons. The summed E-state index contributed by atoms with van der Waals surface area (Å²) < 4.78 is 0. The predicted molar refractivity (Wildman–Crippen MR) is 127 cm³/mol. The van der Waals surface area contributed by atoms with Gasteiger partial charge in [-0.15, -0.1) is 0 Å². The van der Waals surface area contributed by atoms with Crippen molar-refractivity contribution in [1.82, 2.24) is 10.3 Å². The van der Waals surface area contributed by atoms with Gasteiger partial charge in [-0.1, -0.05) is 71.2 Å². The van der Waals surface area contributed by atoms with Crippen LogP contribution in [0.4, 0.5) is 5.82 Å². The van der Waals surface area contributed by atoms with E-state index >= 15 is 0 Å². The minimum Gasteiger partial charge on any atom is -0.356 e. The number of benzene rings is 2. The molecule has 1 unspecified atom stereocenters. The first kappa shape index (κ1) is 21.5. The zero-order valence-electron chi connectivity index (χ0n) is 16.7. The zero-order chi connectivity index (χ0) is 21.1. The molecule has 3 atom stereocenters. The van der Waals surface area contributed by atoms with E-state index in [-0.39, 0.29) is 6.04 Å². The number of aromatic nitrogens is 1. The van der Waals surface area contributed by atoms with Crippen LogP contribution >= 0.6 is 34.8 Å². The topological polar surface area (TPSA) is 28.2 Å². The van der Waals surface area contributed by atoms with E-state index in [0.717, 1.165) is 25.3 Å². The second-order valence-electron chi connectivity index (χ2n) is 7.80. The lowest BCUT2D eigenvalue weighted by Crippen LogP contribution is -2.43. The predicted octanol–water partition coefficient (Wildman–Crippen LogP) is 6.09. The number of nitrogens with zero attached hydrogens (tertiary/aromatic N) is 2. The van der Waals surface area contributed by atoms with Gasteiger partial charge >= 0.3 is 0 Å². The molecule has 3 nitrogen and oxygen atoms in total. The standard InChI is InChI=1S/C24H24Cl3N3/c1-30(24-10-8-18(25)13-29-24)23(11-16-5-3-2-4-6-16)20-15-28-14-19(20)17-7-9-21(26)22(27)12-17/h2-10,12-13,19-20,23,28H,11,14-15H2,1H3/t19-,20+,23?/m1/s1. The number of likely N-dealkylation sites (N-methyl/N-ethyl adjacent to an activating group) is 1. The summed E-state index contributed by atoms with van der Waals surface area (Å²) in [6.45, 7) is 1.84. The minimum absolute atomic E-state index is 0.246. The summed E-state index contributed by atoms with van der Waals surface area (Å²) in [6.07, 6.45) is 2.63. The summed E-state index contributed by atoms with van der Waals surface area (Å²) in [5.41, 5.74) is 2.53. The highest BCUT2D eigenvalue weighted by Crippen LogP contribution is 2.37. The number of anilines is 1. The Balaban J connectivity index is 1.68. The van der Waals surface area contributed by atoms with E-state index < -0.39 is 0 Å². The largest absolute Gasteiger partial charge is 0.356 e. The first-order valence-corrected chi connectivity index (χ1v) is 11.2. The van der Waals surface area contributed by atoms with Crippen molar-refractivity contribution in [2.45, 2.75) is 18.4 Å². The van der Waals surface area contributed by atoms with Gasteiger partial charge in [-0.25, -0.2) is 4.98 Å². The van der Waals surface area contributed by atoms with Gasteiger partial charge in [0.05, 0.1) is 15.1 Å². The van der Waals surface area contributed by atoms with Gasteiger partial charge in [0.2, 0.25) is 0 Å². The minimum atomic E-state index is 0.246. The van der Waals surface area contributed by atoms with E-state index in [1.54, 1.807) is 6.20 Å². The molecular formula is C24H24Cl3N3. The number of rotatable bonds is 6. The Kier molecular flexibility index (Phi) is 6.84. The first-order valence-electron chi connectivity index (χ1n) is 10.1. The second-order valence-corrected chi connectivity index (χ2v) is 9.06. The molecule has 2 aromatic carbocycles. The number of halogens is 3. The van der Waals surface area contributed by atoms with E-state index in [0.29, 0.717) is 26.9 Å². The SMILES string of the molecule is CN(c1ccc(Cl)cn1)C(Cc1ccccc1)[C@H]1CNC[C@@H]1c1ccc(Cl)c(Cl)c1. The molecule has 4 rings (SSSR count). The number of hydrogen-bond donors (Lipinski definition) is 1. The van der Waals surface area contributed by atoms with E-state index in [1.165, 1.54) is 11.1 Å². The van der Waals surface area contributed by atoms with Crippen molar-refractivity contribution >= 4 is 40.6 Å². The van der Waals surface area contributed by atoms with Crippen molar-refractivity contribution < 1.29 is 0 Å². The highest BCUT2D eigenvalue weighted by Gasteiger charge is 2.37. The highest BCUT2D eigenvalue weighted by molar-refractivity contribution is 6.42. The van der Waals surface area contributed by atoms with Crippen LogP contribution in [0.1, 0.15) is 17.0 Å². The first-order chi connectivity index (χ1) is 14.5. The smallest absolute Gasteiger partial charge is 0.128 e. The fourth-order valence-corrected chi connectivity index (χ4v) is 4.81. The maximum absolute atomic E-state index is 6.34. The third-order valence-corrected chi connectivity index (χ3v) is 6.95. The molecule has 0 amide bonds. The van der Waals surface area contributed by atoms with Gasteiger partial charge < -0.3 is 10.2 Å². The van der Waals surface area contributed by atoms with E-state index in [9.17, 15) is 0 Å². The Labute approximate surface area is 193 Å². The molecule has 0 radical (unpaired) electrons. The van der Waals surface area contributed by atoms with Crippen LogP contribution in [0.5, 0.6) is 0 Å². The molecule has 2 heterocycles. The maximum Gasteiger partial charge on any atom is 0.128 e. The molecule has 0 spiro atoms. The Morgan fingerprint density at radius 3 is 2.50 bits per heavy atom. The van der Waals surface area contributed by atoms with Crippen LogP contribution in [0.25, 0.3) is 0 Å². The molecule has 0 aliphatic carbocycles. The molecule has 1 aliphatic heterocycles. The van der Waals surface area contributed by atoms with Crippen LogP contribution in [0.15, 0.2) is 66.9 Å². The lowest BCUT2D eigenvalue weighted by Gasteiger charge is -2.36. The van der Waals surface area contributed by atoms with Crippen LogP contribution in [-0.4, -0.2) is 31.2 Å². The van der Waals surface area contributed by atoms with Crippen LogP contribution in [-0.2, 0) is 6.42 Å². The Bertz CT molecular complexity index is 979. The highest BCUT2D eigenvalue weighted by atomic mass is 35.5. The van der Waals surface area contributed by atoms with Crippen molar-refractivity contribution in [2.75, 3.05) is 25.0 Å². The molecule has 1 N–H and O–H groups in total. The second kappa shape index (κ2) is 9.57. The van der Waals surface area contributed by atoms with Gasteiger partial charge in [-0.3, -0.25) is 0 Å². The maximum atomic E-state index is 6.34. The van der Waals surface area contributed by atoms with Crippen LogP contribution in [0, 0.1) is 5.92 Å². The van der Waals surface area contributed by atoms with Crippen molar-refractivity contribution in [3.05, 3.63) is 93.1 Å². The molecule has 1 saturated heterocycles. The molecule has 1 aliphatic rings. The monoisotopic (exact) mass is 459 g/mol. The van der Waals surface area contributed by atoms with Crippen molar-refractivity contribution in [3.63, 3.8) is 0 Å². The van der Waals surface area contributed by atoms with Gasteiger partial charge in [0.1, 0.15) is 5.82 Å². The third-order valence-electron chi connectivity index (χ3n) is 5.99. The van der Waals surface area contributed by atoms with Crippen molar-refractivity contribution in [3.8, 4) is 0 Å². The summed E-state index contributed by atoms with van der Waals surface area (Å²) in [7, 11) is 2.12. The molecule has 0 bridgehead atoms. The Morgan fingerprint density at radius 2 is 1.80 bits per heavy atom. The summed E-state index contributed by atoms with van der Waals surface area (Å²) in [6, 6.07) is 20.7. The van der Waals surface area contributed by atoms with E-state index in [4.69, 9.17) is 34.8 Å². The van der Waals surface area contributed by atoms with Gasteiger partial charge in [0.25, 0.3) is 0 Å². The van der Waals surface area contributed by atoms with Gasteiger partial charge in [0, 0.05) is 44.2 Å². The molecule has 1 fully saturated rings. The number of hydrogen-bond acceptors (Lipinski definition) is 3. The number of nitrogens with one attached hydrogen (secondary N) is 1. The van der Waals surface area contributed by atoms with E-state index in [1.807, 2.05) is 24.3 Å². The fourth-order valence-electron chi connectivity index (χ4n) is 4.39. The Morgan fingerprint density at radius 1 is 1.00 bits per heavy atom. The third kappa shape index (κ3) is 4.76. The quantitative estimate of drug-likeness (QED) is 0.482. The Hall–Kier alpha value is -1.78. The van der Waals surface area contributed by atoms with Gasteiger partial charge in [-0.2, -0.15) is 0 Å². The van der Waals surface area contributed by atoms with E-state index in [2.05, 4.69) is 58.6 Å². The zero-order valence-corrected chi connectivity index (χ0v) is 19.0. The van der Waals surface area contributed by atoms with Crippen molar-refractivity contribution in [1.29, 1.82) is 0 Å². The molecule has 3 aromatic rings. The van der Waals surface area contributed by atoms with Crippen LogP contribution in [0.2, 0.25) is 15.1 Å². The fraction of sp³-hybridized carbons (Fsp3) is 0.292. The summed E-state index contributed by atoms with van der Waals surface area (Å²) in [5, 5.41) is 5.43. The molecule has 0 saturated carbocycles. The average Bonchev–Trinajstić information content (AvgIpc) is 3.24. The summed E-state index contributed by atoms with van der Waals surface area (Å²) in [5.74, 6) is 1.63. The summed E-state index contributed by atoms with van der Waals surface area (Å²) in [4.78, 5) is 6.85. The average molecular weight is 461 g/mol. The lowest BCUT2D eigenvalue weighted by molar-refractivity contribution is 0.398. The van der Waals surface area contributed by atoms with Gasteiger partial charge in [0.15, 0.2) is 0 Å². The molecule has 6 heteroatoms. The van der Waals surface area contributed by atoms with Crippen LogP contribution in [0.3, 0.4) is 0 Å². The summed E-state index contributed by atoms with van der Waals surface area (Å²) >= 11 is 18.6. The van der Waals surface area contributed by atoms with Crippen LogP contribution < -0.4 is 10.2 Å².